The minimum Gasteiger partial charge on any atom is -0.342 e. The molecule has 0 bridgehead atoms. The number of aromatic nitrogens is 1. The van der Waals surface area contributed by atoms with Crippen LogP contribution in [-0.4, -0.2) is 37.2 Å². The van der Waals surface area contributed by atoms with Gasteiger partial charge in [0.1, 0.15) is 5.82 Å². The Hall–Kier alpha value is -3.10. The number of pyridine rings is 1. The molecule has 29 heavy (non-hydrogen) atoms. The molecule has 3 aromatic rings. The van der Waals surface area contributed by atoms with Crippen molar-refractivity contribution >= 4 is 15.9 Å². The van der Waals surface area contributed by atoms with Crippen molar-refractivity contribution in [3.63, 3.8) is 0 Å². The zero-order valence-electron chi connectivity index (χ0n) is 15.7. The number of sulfonamides is 1. The number of benzene rings is 2. The molecule has 0 saturated heterocycles. The first-order chi connectivity index (χ1) is 13.9. The molecular weight excluding hydrogens is 393 g/mol. The van der Waals surface area contributed by atoms with Crippen molar-refractivity contribution in [2.75, 3.05) is 13.6 Å². The largest absolute Gasteiger partial charge is 0.342 e. The summed E-state index contributed by atoms with van der Waals surface area (Å²) in [6.45, 7) is -0.393. The van der Waals surface area contributed by atoms with Gasteiger partial charge in [0.05, 0.1) is 23.2 Å². The number of nitrogens with one attached hydrogen (secondary N) is 1. The maximum absolute atomic E-state index is 13.1. The highest BCUT2D eigenvalue weighted by Crippen LogP contribution is 2.20. The lowest BCUT2D eigenvalue weighted by Crippen LogP contribution is -2.40. The second-order valence-electron chi connectivity index (χ2n) is 6.38. The van der Waals surface area contributed by atoms with Gasteiger partial charge in [-0.25, -0.2) is 12.8 Å². The van der Waals surface area contributed by atoms with E-state index in [1.807, 2.05) is 36.4 Å². The van der Waals surface area contributed by atoms with Gasteiger partial charge in [-0.2, -0.15) is 4.31 Å². The van der Waals surface area contributed by atoms with Gasteiger partial charge in [-0.15, -0.1) is 0 Å². The lowest BCUT2D eigenvalue weighted by molar-refractivity contribution is -0.121. The van der Waals surface area contributed by atoms with E-state index >= 15 is 0 Å². The van der Waals surface area contributed by atoms with Crippen LogP contribution in [0.25, 0.3) is 0 Å². The van der Waals surface area contributed by atoms with Crippen molar-refractivity contribution < 1.29 is 17.6 Å². The van der Waals surface area contributed by atoms with Crippen LogP contribution in [-0.2, 0) is 14.8 Å². The third-order valence-corrected chi connectivity index (χ3v) is 6.13. The normalized spacial score (nSPS) is 12.5. The van der Waals surface area contributed by atoms with E-state index in [9.17, 15) is 17.6 Å². The standard InChI is InChI=1S/C21H20FN3O3S/c1-25(29(27,28)18-12-10-17(22)11-13-18)15-20(26)24-21(16-7-3-2-4-8-16)19-9-5-6-14-23-19/h2-14,21H,15H2,1H3,(H,24,26). The highest BCUT2D eigenvalue weighted by Gasteiger charge is 2.25. The predicted octanol–water partition coefficient (Wildman–Crippen LogP) is 2.75. The molecule has 0 aliphatic heterocycles. The summed E-state index contributed by atoms with van der Waals surface area (Å²) in [6.07, 6.45) is 1.63. The van der Waals surface area contributed by atoms with E-state index in [0.717, 1.165) is 22.0 Å². The molecule has 1 N–H and O–H groups in total. The number of hydrogen-bond acceptors (Lipinski definition) is 4. The van der Waals surface area contributed by atoms with Crippen molar-refractivity contribution in [2.45, 2.75) is 10.9 Å². The summed E-state index contributed by atoms with van der Waals surface area (Å²) in [7, 11) is -2.62. The maximum Gasteiger partial charge on any atom is 0.243 e. The molecule has 1 unspecified atom stereocenters. The van der Waals surface area contributed by atoms with Gasteiger partial charge in [-0.05, 0) is 42.0 Å². The van der Waals surface area contributed by atoms with Gasteiger partial charge in [-0.1, -0.05) is 36.4 Å². The Morgan fingerprint density at radius 2 is 1.69 bits per heavy atom. The molecule has 8 heteroatoms. The molecule has 6 nitrogen and oxygen atoms in total. The Morgan fingerprint density at radius 3 is 2.31 bits per heavy atom. The molecule has 0 spiro atoms. The highest BCUT2D eigenvalue weighted by atomic mass is 32.2. The Labute approximate surface area is 169 Å². The minimum atomic E-state index is -3.93. The van der Waals surface area contributed by atoms with E-state index in [1.165, 1.54) is 19.2 Å². The van der Waals surface area contributed by atoms with Crippen LogP contribution in [0.15, 0.2) is 83.9 Å². The second kappa shape index (κ2) is 8.93. The summed E-state index contributed by atoms with van der Waals surface area (Å²) in [5, 5.41) is 2.85. The van der Waals surface area contributed by atoms with Crippen LogP contribution < -0.4 is 5.32 Å². The number of likely N-dealkylation sites (N-methyl/N-ethyl adjacent to an activating group) is 1. The molecule has 0 radical (unpaired) electrons. The Bertz CT molecular complexity index is 1020. The van der Waals surface area contributed by atoms with E-state index in [1.54, 1.807) is 18.3 Å². The quantitative estimate of drug-likeness (QED) is 0.646. The van der Waals surface area contributed by atoms with Crippen molar-refractivity contribution in [3.05, 3.63) is 96.1 Å². The van der Waals surface area contributed by atoms with Gasteiger partial charge >= 0.3 is 0 Å². The smallest absolute Gasteiger partial charge is 0.243 e. The van der Waals surface area contributed by atoms with Crippen LogP contribution in [0.5, 0.6) is 0 Å². The van der Waals surface area contributed by atoms with Crippen LogP contribution in [0.1, 0.15) is 17.3 Å². The zero-order valence-corrected chi connectivity index (χ0v) is 16.5. The lowest BCUT2D eigenvalue weighted by Gasteiger charge is -2.21. The van der Waals surface area contributed by atoms with E-state index in [2.05, 4.69) is 10.3 Å². The SMILES string of the molecule is CN(CC(=O)NC(c1ccccc1)c1ccccn1)S(=O)(=O)c1ccc(F)cc1. The van der Waals surface area contributed by atoms with Gasteiger partial charge < -0.3 is 5.32 Å². The first-order valence-corrected chi connectivity index (χ1v) is 10.3. The maximum atomic E-state index is 13.1. The minimum absolute atomic E-state index is 0.0847. The first kappa shape index (κ1) is 20.6. The second-order valence-corrected chi connectivity index (χ2v) is 8.43. The Balaban J connectivity index is 1.77. The summed E-state index contributed by atoms with van der Waals surface area (Å²) in [5.41, 5.74) is 1.46. The molecular formula is C21H20FN3O3S. The molecule has 0 aliphatic rings. The molecule has 1 atom stereocenters. The van der Waals surface area contributed by atoms with Crippen molar-refractivity contribution in [1.29, 1.82) is 0 Å². The Morgan fingerprint density at radius 1 is 1.03 bits per heavy atom. The first-order valence-electron chi connectivity index (χ1n) is 8.85. The summed E-state index contributed by atoms with van der Waals surface area (Å²) in [5.74, 6) is -1.02. The van der Waals surface area contributed by atoms with E-state index in [-0.39, 0.29) is 4.90 Å². The van der Waals surface area contributed by atoms with E-state index in [0.29, 0.717) is 5.69 Å². The molecule has 0 saturated carbocycles. The van der Waals surface area contributed by atoms with Crippen LogP contribution in [0.4, 0.5) is 4.39 Å². The van der Waals surface area contributed by atoms with E-state index in [4.69, 9.17) is 0 Å². The number of carbonyl (C=O) groups is 1. The van der Waals surface area contributed by atoms with E-state index < -0.39 is 34.3 Å². The number of nitrogens with zero attached hydrogens (tertiary/aromatic N) is 2. The third-order valence-electron chi connectivity index (χ3n) is 4.31. The predicted molar refractivity (Wildman–Crippen MR) is 107 cm³/mol. The summed E-state index contributed by atoms with van der Waals surface area (Å²) in [4.78, 5) is 16.9. The molecule has 0 fully saturated rings. The molecule has 1 aromatic heterocycles. The number of carbonyl (C=O) groups excluding carboxylic acids is 1. The molecule has 1 heterocycles. The Kier molecular flexibility index (Phi) is 6.36. The molecule has 0 aliphatic carbocycles. The van der Waals surface area contributed by atoms with Crippen LogP contribution in [0.2, 0.25) is 0 Å². The third kappa shape index (κ3) is 5.04. The fraction of sp³-hybridized carbons (Fsp3) is 0.143. The number of rotatable bonds is 7. The average molecular weight is 413 g/mol. The fourth-order valence-corrected chi connectivity index (χ4v) is 3.93. The average Bonchev–Trinajstić information content (AvgIpc) is 2.73. The van der Waals surface area contributed by atoms with Crippen LogP contribution in [0, 0.1) is 5.82 Å². The van der Waals surface area contributed by atoms with Gasteiger partial charge in [0.15, 0.2) is 0 Å². The van der Waals surface area contributed by atoms with Crippen LogP contribution in [0.3, 0.4) is 0 Å². The topological polar surface area (TPSA) is 79.4 Å². The summed E-state index contributed by atoms with van der Waals surface area (Å²) < 4.78 is 39.2. The van der Waals surface area contributed by atoms with Crippen molar-refractivity contribution in [3.8, 4) is 0 Å². The fourth-order valence-electron chi connectivity index (χ4n) is 2.80. The van der Waals surface area contributed by atoms with Crippen LogP contribution >= 0.6 is 0 Å². The van der Waals surface area contributed by atoms with Gasteiger partial charge in [0.25, 0.3) is 0 Å². The molecule has 1 amide bonds. The van der Waals surface area contributed by atoms with Crippen molar-refractivity contribution in [1.82, 2.24) is 14.6 Å². The summed E-state index contributed by atoms with van der Waals surface area (Å²) in [6, 6.07) is 18.6. The molecule has 150 valence electrons. The number of hydrogen-bond donors (Lipinski definition) is 1. The molecule has 2 aromatic carbocycles. The van der Waals surface area contributed by atoms with Crippen molar-refractivity contribution in [2.24, 2.45) is 0 Å². The lowest BCUT2D eigenvalue weighted by atomic mass is 10.0. The number of halogens is 1. The zero-order chi connectivity index (χ0) is 20.9. The highest BCUT2D eigenvalue weighted by molar-refractivity contribution is 7.89. The van der Waals surface area contributed by atoms with Gasteiger partial charge in [0.2, 0.25) is 15.9 Å². The summed E-state index contributed by atoms with van der Waals surface area (Å²) >= 11 is 0. The van der Waals surface area contributed by atoms with Gasteiger partial charge in [0, 0.05) is 13.2 Å². The number of amides is 1. The molecule has 3 rings (SSSR count). The van der Waals surface area contributed by atoms with Gasteiger partial charge in [-0.3, -0.25) is 9.78 Å². The monoisotopic (exact) mass is 413 g/mol.